The predicted molar refractivity (Wildman–Crippen MR) is 92.4 cm³/mol. The molecule has 0 unspecified atom stereocenters. The van der Waals surface area contributed by atoms with Crippen LogP contribution in [0.25, 0.3) is 0 Å². The molecule has 26 heavy (non-hydrogen) atoms. The van der Waals surface area contributed by atoms with Gasteiger partial charge >= 0.3 is 12.1 Å². The summed E-state index contributed by atoms with van der Waals surface area (Å²) < 4.78 is 48.5. The second-order valence-corrected chi connectivity index (χ2v) is 6.88. The summed E-state index contributed by atoms with van der Waals surface area (Å²) >= 11 is 1.43. The molecular formula is C18H18F3NO3S. The van der Waals surface area contributed by atoms with E-state index in [0.717, 1.165) is 22.6 Å². The average molecular weight is 385 g/mol. The van der Waals surface area contributed by atoms with Gasteiger partial charge in [-0.2, -0.15) is 13.2 Å². The molecule has 1 aliphatic rings. The molecule has 0 fully saturated rings. The molecule has 1 aromatic heterocycles. The van der Waals surface area contributed by atoms with Gasteiger partial charge in [-0.3, -0.25) is 0 Å². The number of carbonyl (C=O) groups is 1. The summed E-state index contributed by atoms with van der Waals surface area (Å²) in [4.78, 5) is 13.3. The fourth-order valence-corrected chi connectivity index (χ4v) is 3.94. The van der Waals surface area contributed by atoms with Crippen molar-refractivity contribution in [3.8, 4) is 0 Å². The highest BCUT2D eigenvalue weighted by atomic mass is 32.1. The number of carbonyl (C=O) groups excluding carboxylic acids is 1. The zero-order valence-electron chi connectivity index (χ0n) is 14.1. The minimum Gasteiger partial charge on any atom is -0.462 e. The van der Waals surface area contributed by atoms with E-state index in [1.54, 1.807) is 6.92 Å². The number of alkyl halides is 3. The maximum Gasteiger partial charge on any atom is 0.416 e. The lowest BCUT2D eigenvalue weighted by molar-refractivity contribution is -0.137. The average Bonchev–Trinajstić information content (AvgIpc) is 2.98. The Labute approximate surface area is 152 Å². The normalized spacial score (nSPS) is 14.0. The van der Waals surface area contributed by atoms with Gasteiger partial charge in [0.2, 0.25) is 0 Å². The first-order chi connectivity index (χ1) is 12.4. The minimum absolute atomic E-state index is 0.276. The monoisotopic (exact) mass is 385 g/mol. The molecule has 140 valence electrons. The van der Waals surface area contributed by atoms with Crippen LogP contribution >= 0.6 is 11.3 Å². The largest absolute Gasteiger partial charge is 0.462 e. The van der Waals surface area contributed by atoms with Crippen LogP contribution in [0.2, 0.25) is 0 Å². The van der Waals surface area contributed by atoms with Crippen molar-refractivity contribution in [1.82, 2.24) is 0 Å². The number of nitrogens with one attached hydrogen (secondary N) is 1. The molecule has 8 heteroatoms. The zero-order chi connectivity index (χ0) is 18.7. The second-order valence-electron chi connectivity index (χ2n) is 5.78. The van der Waals surface area contributed by atoms with E-state index < -0.39 is 11.7 Å². The van der Waals surface area contributed by atoms with E-state index in [1.807, 2.05) is 0 Å². The Bertz CT molecular complexity index is 784. The van der Waals surface area contributed by atoms with Gasteiger partial charge in [-0.1, -0.05) is 12.1 Å². The van der Waals surface area contributed by atoms with Gasteiger partial charge in [0.1, 0.15) is 5.00 Å². The fraction of sp³-hybridized carbons (Fsp3) is 0.389. The molecule has 0 saturated heterocycles. The van der Waals surface area contributed by atoms with Gasteiger partial charge in [0.15, 0.2) is 0 Å². The SMILES string of the molecule is CCOC(=O)c1c(NCc2ccc(C(F)(F)F)cc2)sc2c1CCOC2. The van der Waals surface area contributed by atoms with Crippen molar-refractivity contribution in [3.63, 3.8) is 0 Å². The Balaban J connectivity index is 1.79. The number of fused-ring (bicyclic) bond motifs is 1. The van der Waals surface area contributed by atoms with Crippen LogP contribution in [-0.4, -0.2) is 19.2 Å². The first-order valence-electron chi connectivity index (χ1n) is 8.19. The summed E-state index contributed by atoms with van der Waals surface area (Å²) in [6.45, 7) is 3.33. The Morgan fingerprint density at radius 2 is 2.04 bits per heavy atom. The number of thiophene rings is 1. The van der Waals surface area contributed by atoms with Crippen LogP contribution in [0.4, 0.5) is 18.2 Å². The van der Waals surface area contributed by atoms with E-state index in [0.29, 0.717) is 42.3 Å². The minimum atomic E-state index is -4.35. The van der Waals surface area contributed by atoms with E-state index in [4.69, 9.17) is 9.47 Å². The maximum atomic E-state index is 12.6. The molecular weight excluding hydrogens is 367 g/mol. The summed E-state index contributed by atoms with van der Waals surface area (Å²) in [5.41, 5.74) is 1.46. The smallest absolute Gasteiger partial charge is 0.416 e. The van der Waals surface area contributed by atoms with E-state index in [1.165, 1.54) is 23.5 Å². The molecule has 1 aromatic carbocycles. The number of esters is 1. The summed E-state index contributed by atoms with van der Waals surface area (Å²) in [7, 11) is 0. The van der Waals surface area contributed by atoms with Crippen LogP contribution in [0.3, 0.4) is 0 Å². The van der Waals surface area contributed by atoms with Gasteiger partial charge in [-0.05, 0) is 36.6 Å². The molecule has 0 amide bonds. The first-order valence-corrected chi connectivity index (χ1v) is 9.01. The van der Waals surface area contributed by atoms with Crippen LogP contribution in [-0.2, 0) is 35.2 Å². The van der Waals surface area contributed by atoms with Crippen molar-refractivity contribution in [2.45, 2.75) is 32.7 Å². The van der Waals surface area contributed by atoms with Crippen molar-refractivity contribution >= 4 is 22.3 Å². The van der Waals surface area contributed by atoms with E-state index >= 15 is 0 Å². The molecule has 4 nitrogen and oxygen atoms in total. The molecule has 0 bridgehead atoms. The quantitative estimate of drug-likeness (QED) is 0.763. The first kappa shape index (κ1) is 18.7. The lowest BCUT2D eigenvalue weighted by Gasteiger charge is -2.13. The number of ether oxygens (including phenoxy) is 2. The maximum absolute atomic E-state index is 12.6. The summed E-state index contributed by atoms with van der Waals surface area (Å²) in [5, 5.41) is 3.83. The predicted octanol–water partition coefficient (Wildman–Crippen LogP) is 4.63. The molecule has 0 saturated carbocycles. The highest BCUT2D eigenvalue weighted by molar-refractivity contribution is 7.16. The highest BCUT2D eigenvalue weighted by Crippen LogP contribution is 2.37. The van der Waals surface area contributed by atoms with E-state index in [2.05, 4.69) is 5.32 Å². The number of anilines is 1. The topological polar surface area (TPSA) is 47.6 Å². The van der Waals surface area contributed by atoms with Crippen molar-refractivity contribution in [3.05, 3.63) is 51.4 Å². The molecule has 1 aliphatic heterocycles. The molecule has 3 rings (SSSR count). The van der Waals surface area contributed by atoms with E-state index in [-0.39, 0.29) is 12.6 Å². The Hall–Kier alpha value is -2.06. The van der Waals surface area contributed by atoms with Crippen molar-refractivity contribution in [2.24, 2.45) is 0 Å². The Morgan fingerprint density at radius 1 is 1.31 bits per heavy atom. The highest BCUT2D eigenvalue weighted by Gasteiger charge is 2.30. The standard InChI is InChI=1S/C18H18F3NO3S/c1-2-25-17(23)15-13-7-8-24-10-14(13)26-16(15)22-9-11-3-5-12(6-4-11)18(19,20)21/h3-6,22H,2,7-10H2,1H3. The number of hydrogen-bond donors (Lipinski definition) is 1. The zero-order valence-corrected chi connectivity index (χ0v) is 14.9. The Morgan fingerprint density at radius 3 is 2.69 bits per heavy atom. The third-order valence-electron chi connectivity index (χ3n) is 4.03. The van der Waals surface area contributed by atoms with Crippen molar-refractivity contribution in [1.29, 1.82) is 0 Å². The van der Waals surface area contributed by atoms with Crippen LogP contribution < -0.4 is 5.32 Å². The second kappa shape index (κ2) is 7.67. The third kappa shape index (κ3) is 4.02. The summed E-state index contributed by atoms with van der Waals surface area (Å²) in [6, 6.07) is 4.96. The summed E-state index contributed by atoms with van der Waals surface area (Å²) in [6.07, 6.45) is -3.71. The van der Waals surface area contributed by atoms with Gasteiger partial charge in [0.05, 0.1) is 30.9 Å². The van der Waals surface area contributed by atoms with Crippen LogP contribution in [0.5, 0.6) is 0 Å². The van der Waals surface area contributed by atoms with Crippen LogP contribution in [0.1, 0.15) is 38.8 Å². The van der Waals surface area contributed by atoms with Gasteiger partial charge in [-0.25, -0.2) is 4.79 Å². The Kier molecular flexibility index (Phi) is 5.52. The molecule has 0 radical (unpaired) electrons. The van der Waals surface area contributed by atoms with Crippen LogP contribution in [0.15, 0.2) is 24.3 Å². The number of hydrogen-bond acceptors (Lipinski definition) is 5. The summed E-state index contributed by atoms with van der Waals surface area (Å²) in [5.74, 6) is -0.387. The number of rotatable bonds is 5. The van der Waals surface area contributed by atoms with Crippen LogP contribution in [0, 0.1) is 0 Å². The molecule has 2 aromatic rings. The number of benzene rings is 1. The molecule has 0 aliphatic carbocycles. The molecule has 1 N–H and O–H groups in total. The lowest BCUT2D eigenvalue weighted by atomic mass is 10.1. The fourth-order valence-electron chi connectivity index (χ4n) is 2.77. The molecule has 2 heterocycles. The lowest BCUT2D eigenvalue weighted by Crippen LogP contribution is -2.14. The van der Waals surface area contributed by atoms with E-state index in [9.17, 15) is 18.0 Å². The van der Waals surface area contributed by atoms with Gasteiger partial charge in [-0.15, -0.1) is 11.3 Å². The van der Waals surface area contributed by atoms with Crippen molar-refractivity contribution in [2.75, 3.05) is 18.5 Å². The molecule has 0 spiro atoms. The van der Waals surface area contributed by atoms with Crippen molar-refractivity contribution < 1.29 is 27.4 Å². The van der Waals surface area contributed by atoms with Gasteiger partial charge in [0.25, 0.3) is 0 Å². The van der Waals surface area contributed by atoms with Gasteiger partial charge < -0.3 is 14.8 Å². The van der Waals surface area contributed by atoms with Gasteiger partial charge in [0, 0.05) is 11.4 Å². The molecule has 0 atom stereocenters. The number of halogens is 3. The third-order valence-corrected chi connectivity index (χ3v) is 5.20.